The van der Waals surface area contributed by atoms with E-state index in [-0.39, 0.29) is 18.0 Å². The summed E-state index contributed by atoms with van der Waals surface area (Å²) in [5, 5.41) is 3.07. The molecule has 3 heterocycles. The highest BCUT2D eigenvalue weighted by Crippen LogP contribution is 2.33. The monoisotopic (exact) mass is 568 g/mol. The third-order valence-electron chi connectivity index (χ3n) is 5.33. The quantitative estimate of drug-likeness (QED) is 0.253. The molecule has 2 N–H and O–H groups in total. The number of benzene rings is 2. The number of nitrogens with one attached hydrogen (secondary N) is 2. The average molecular weight is 569 g/mol. The van der Waals surface area contributed by atoms with Gasteiger partial charge < -0.3 is 14.5 Å². The van der Waals surface area contributed by atoms with Crippen LogP contribution in [0.3, 0.4) is 0 Å². The van der Waals surface area contributed by atoms with Gasteiger partial charge in [-0.3, -0.25) is 4.40 Å². The Labute approximate surface area is 215 Å². The van der Waals surface area contributed by atoms with Gasteiger partial charge in [-0.15, -0.1) is 0 Å². The van der Waals surface area contributed by atoms with Crippen molar-refractivity contribution in [2.75, 3.05) is 25.5 Å². The van der Waals surface area contributed by atoms with E-state index in [1.54, 1.807) is 44.0 Å². The van der Waals surface area contributed by atoms with Gasteiger partial charge in [-0.05, 0) is 42.5 Å². The minimum atomic E-state index is -3.62. The number of sulfonamides is 1. The number of hydrogen-bond donors (Lipinski definition) is 2. The summed E-state index contributed by atoms with van der Waals surface area (Å²) < 4.78 is 41.0. The Balaban J connectivity index is 1.35. The van der Waals surface area contributed by atoms with E-state index < -0.39 is 10.0 Å². The van der Waals surface area contributed by atoms with E-state index in [1.165, 1.54) is 12.1 Å². The molecule has 12 heteroatoms. The maximum Gasteiger partial charge on any atom is 0.306 e. The summed E-state index contributed by atoms with van der Waals surface area (Å²) in [6.07, 6.45) is 4.96. The summed E-state index contributed by atoms with van der Waals surface area (Å²) in [7, 11) is -2.01. The van der Waals surface area contributed by atoms with Crippen LogP contribution in [0.15, 0.2) is 87.0 Å². The molecule has 3 aromatic heterocycles. The fourth-order valence-electron chi connectivity index (χ4n) is 3.63. The first-order chi connectivity index (χ1) is 17.4. The Bertz CT molecular complexity index is 1620. The Hall–Kier alpha value is -3.74. The molecule has 5 rings (SSSR count). The molecule has 0 fully saturated rings. The molecule has 184 valence electrons. The molecule has 2 aromatic carbocycles. The molecule has 0 bridgehead atoms. The molecular formula is C24H21BrN6O4S. The molecular weight excluding hydrogens is 548 g/mol. The third kappa shape index (κ3) is 4.96. The SMILES string of the molecule is COc1cccc(-c2nc3occn3c2-c2ccnc(NCCNS(=O)(=O)c3ccc(Br)cc3)n2)c1. The van der Waals surface area contributed by atoms with Crippen LogP contribution in [0.2, 0.25) is 0 Å². The van der Waals surface area contributed by atoms with E-state index in [0.717, 1.165) is 15.7 Å². The molecule has 10 nitrogen and oxygen atoms in total. The average Bonchev–Trinajstić information content (AvgIpc) is 3.49. The topological polar surface area (TPSA) is 124 Å². The number of hydrogen-bond acceptors (Lipinski definition) is 8. The first-order valence-corrected chi connectivity index (χ1v) is 13.1. The fourth-order valence-corrected chi connectivity index (χ4v) is 4.93. The lowest BCUT2D eigenvalue weighted by molar-refractivity contribution is 0.415. The number of fused-ring (bicyclic) bond motifs is 1. The van der Waals surface area contributed by atoms with Gasteiger partial charge in [-0.25, -0.2) is 23.1 Å². The number of aromatic nitrogens is 4. The number of nitrogens with zero attached hydrogens (tertiary/aromatic N) is 4. The summed E-state index contributed by atoms with van der Waals surface area (Å²) in [6, 6.07) is 15.8. The van der Waals surface area contributed by atoms with E-state index in [2.05, 4.69) is 40.9 Å². The summed E-state index contributed by atoms with van der Waals surface area (Å²) in [5.74, 6) is 1.49. The van der Waals surface area contributed by atoms with Gasteiger partial charge in [0.15, 0.2) is 0 Å². The van der Waals surface area contributed by atoms with Crippen molar-refractivity contribution in [1.82, 2.24) is 24.1 Å². The number of oxazole rings is 1. The lowest BCUT2D eigenvalue weighted by Crippen LogP contribution is -2.29. The number of rotatable bonds is 9. The fraction of sp³-hybridized carbons (Fsp3) is 0.125. The molecule has 0 saturated heterocycles. The van der Waals surface area contributed by atoms with E-state index in [4.69, 9.17) is 9.15 Å². The molecule has 0 saturated carbocycles. The second kappa shape index (κ2) is 10.1. The Morgan fingerprint density at radius 3 is 2.72 bits per heavy atom. The number of methoxy groups -OCH3 is 1. The van der Waals surface area contributed by atoms with Gasteiger partial charge in [0, 0.05) is 35.5 Å². The molecule has 5 aromatic rings. The molecule has 0 spiro atoms. The van der Waals surface area contributed by atoms with Crippen LogP contribution in [0.25, 0.3) is 28.5 Å². The van der Waals surface area contributed by atoms with Crippen molar-refractivity contribution in [3.8, 4) is 28.4 Å². The maximum absolute atomic E-state index is 12.5. The van der Waals surface area contributed by atoms with Gasteiger partial charge >= 0.3 is 5.84 Å². The Morgan fingerprint density at radius 2 is 1.92 bits per heavy atom. The molecule has 0 aliphatic carbocycles. The molecule has 0 radical (unpaired) electrons. The van der Waals surface area contributed by atoms with Gasteiger partial charge in [-0.1, -0.05) is 28.1 Å². The van der Waals surface area contributed by atoms with Crippen molar-refractivity contribution in [1.29, 1.82) is 0 Å². The molecule has 0 unspecified atom stereocenters. The normalized spacial score (nSPS) is 11.6. The molecule has 0 amide bonds. The second-order valence-corrected chi connectivity index (χ2v) is 10.3. The predicted octanol–water partition coefficient (Wildman–Crippen LogP) is 4.21. The van der Waals surface area contributed by atoms with Crippen LogP contribution in [0.1, 0.15) is 0 Å². The van der Waals surface area contributed by atoms with Gasteiger partial charge in [0.2, 0.25) is 16.0 Å². The van der Waals surface area contributed by atoms with Crippen LogP contribution in [-0.4, -0.2) is 48.0 Å². The number of imidazole rings is 1. The zero-order valence-corrected chi connectivity index (χ0v) is 21.5. The van der Waals surface area contributed by atoms with Crippen LogP contribution in [0.4, 0.5) is 5.95 Å². The standard InChI is InChI=1S/C24H21BrN6O4S/c1-34-18-4-2-3-16(15-18)21-22(31-13-14-35-24(31)30-21)20-9-10-26-23(29-20)27-11-12-28-36(32,33)19-7-5-17(25)6-8-19/h2-10,13-15,28H,11-12H2,1H3,(H,26,27,29). The summed E-state index contributed by atoms with van der Waals surface area (Å²) in [4.78, 5) is 13.7. The molecule has 36 heavy (non-hydrogen) atoms. The largest absolute Gasteiger partial charge is 0.497 e. The highest BCUT2D eigenvalue weighted by Gasteiger charge is 2.20. The van der Waals surface area contributed by atoms with Crippen molar-refractivity contribution in [3.63, 3.8) is 0 Å². The highest BCUT2D eigenvalue weighted by atomic mass is 79.9. The lowest BCUT2D eigenvalue weighted by Gasteiger charge is -2.09. The minimum Gasteiger partial charge on any atom is -0.497 e. The summed E-state index contributed by atoms with van der Waals surface area (Å²) in [5.41, 5.74) is 2.88. The van der Waals surface area contributed by atoms with E-state index in [1.807, 2.05) is 28.7 Å². The number of anilines is 1. The first kappa shape index (κ1) is 24.0. The van der Waals surface area contributed by atoms with Gasteiger partial charge in [0.1, 0.15) is 23.4 Å². The van der Waals surface area contributed by atoms with Crippen molar-refractivity contribution in [3.05, 3.63) is 77.7 Å². The van der Waals surface area contributed by atoms with Crippen molar-refractivity contribution < 1.29 is 17.6 Å². The zero-order chi connectivity index (χ0) is 25.1. The Kier molecular flexibility index (Phi) is 6.72. The minimum absolute atomic E-state index is 0.152. The predicted molar refractivity (Wildman–Crippen MR) is 138 cm³/mol. The van der Waals surface area contributed by atoms with Crippen LogP contribution in [0, 0.1) is 0 Å². The van der Waals surface area contributed by atoms with Crippen LogP contribution in [-0.2, 0) is 10.0 Å². The first-order valence-electron chi connectivity index (χ1n) is 10.9. The van der Waals surface area contributed by atoms with Crippen LogP contribution < -0.4 is 14.8 Å². The molecule has 0 aliphatic rings. The van der Waals surface area contributed by atoms with Gasteiger partial charge in [0.25, 0.3) is 0 Å². The summed E-state index contributed by atoms with van der Waals surface area (Å²) >= 11 is 3.30. The smallest absolute Gasteiger partial charge is 0.306 e. The van der Waals surface area contributed by atoms with Gasteiger partial charge in [-0.2, -0.15) is 4.98 Å². The number of ether oxygens (including phenoxy) is 1. The van der Waals surface area contributed by atoms with Crippen LogP contribution >= 0.6 is 15.9 Å². The van der Waals surface area contributed by atoms with Crippen molar-refractivity contribution in [2.45, 2.75) is 4.90 Å². The highest BCUT2D eigenvalue weighted by molar-refractivity contribution is 9.10. The lowest BCUT2D eigenvalue weighted by atomic mass is 10.1. The van der Waals surface area contributed by atoms with E-state index in [0.29, 0.717) is 28.9 Å². The van der Waals surface area contributed by atoms with Crippen molar-refractivity contribution >= 4 is 37.7 Å². The third-order valence-corrected chi connectivity index (χ3v) is 7.33. The maximum atomic E-state index is 12.5. The Morgan fingerprint density at radius 1 is 1.08 bits per heavy atom. The molecule has 0 aliphatic heterocycles. The van der Waals surface area contributed by atoms with E-state index in [9.17, 15) is 8.42 Å². The van der Waals surface area contributed by atoms with Crippen LogP contribution in [0.5, 0.6) is 5.75 Å². The second-order valence-electron chi connectivity index (χ2n) is 7.64. The van der Waals surface area contributed by atoms with Crippen molar-refractivity contribution in [2.24, 2.45) is 0 Å². The van der Waals surface area contributed by atoms with E-state index >= 15 is 0 Å². The van der Waals surface area contributed by atoms with Gasteiger partial charge in [0.05, 0.1) is 17.7 Å². The summed E-state index contributed by atoms with van der Waals surface area (Å²) in [6.45, 7) is 0.440. The number of halogens is 1. The zero-order valence-electron chi connectivity index (χ0n) is 19.1. The molecule has 0 atom stereocenters.